The van der Waals surface area contributed by atoms with Crippen molar-refractivity contribution in [2.24, 2.45) is 0 Å². The van der Waals surface area contributed by atoms with E-state index in [1.54, 1.807) is 54.6 Å². The standard InChI is InChI=1S/C51H60N6O9/c1-5-7-25-51(26-8-6-2)39-28-34(52-45(59)41-20-15-27-56(41)47(61)43(54-49(63)65-3)32-16-11-9-12-17-32)21-23-37(39)38-24-22-35(29-40(38)51)53-46(60)42-30-36(58)31-57(42)48(62)44(55-50(64)66-4)33-18-13-10-14-19-33/h9-14,16-19,21-24,28-29,36,41-44,58H,5-8,15,20,25-27,30-31H2,1-4H3,(H,52,59)(H,53,60)(H,54,63)(H,55,64)/t36-,41+,42+,43-,44-/m1/s1. The molecule has 0 unspecified atom stereocenters. The SMILES string of the molecule is CCCCC1(CCCC)c2cc(NC(=O)[C@@H]3CCCN3C(=O)[C@H](NC(=O)OC)c3ccccc3)ccc2-c2ccc(NC(=O)[C@@H]3C[C@@H](O)CN3C(=O)[C@H](NC(=O)OC)c3ccccc3)cc21. The molecule has 2 fully saturated rings. The number of fused-ring (bicyclic) bond motifs is 3. The van der Waals surface area contributed by atoms with E-state index in [9.17, 15) is 33.9 Å². The Labute approximate surface area is 385 Å². The van der Waals surface area contributed by atoms with Crippen molar-refractivity contribution < 1.29 is 43.3 Å². The van der Waals surface area contributed by atoms with Crippen LogP contribution in [0.1, 0.15) is 106 Å². The number of likely N-dealkylation sites (tertiary alicyclic amines) is 2. The Kier molecular flexibility index (Phi) is 15.1. The number of hydrogen-bond donors (Lipinski definition) is 5. The van der Waals surface area contributed by atoms with Crippen LogP contribution in [0.5, 0.6) is 0 Å². The van der Waals surface area contributed by atoms with E-state index in [2.05, 4.69) is 41.2 Å². The van der Waals surface area contributed by atoms with E-state index in [0.717, 1.165) is 60.8 Å². The highest BCUT2D eigenvalue weighted by molar-refractivity contribution is 6.01. The maximum atomic E-state index is 14.2. The molecular formula is C51H60N6O9. The average molecular weight is 901 g/mol. The fourth-order valence-electron chi connectivity index (χ4n) is 9.88. The molecule has 6 amide bonds. The van der Waals surface area contributed by atoms with Crippen molar-refractivity contribution >= 4 is 47.2 Å². The van der Waals surface area contributed by atoms with Crippen molar-refractivity contribution in [1.82, 2.24) is 20.4 Å². The number of aliphatic hydroxyl groups excluding tert-OH is 1. The van der Waals surface area contributed by atoms with Crippen LogP contribution in [-0.2, 0) is 34.1 Å². The maximum absolute atomic E-state index is 14.2. The van der Waals surface area contributed by atoms with Crippen molar-refractivity contribution in [2.45, 2.75) is 107 Å². The number of carbonyl (C=O) groups excluding carboxylic acids is 6. The number of rotatable bonds is 16. The molecule has 2 saturated heterocycles. The molecule has 1 aliphatic carbocycles. The second kappa shape index (κ2) is 21.0. The molecule has 2 aliphatic heterocycles. The molecule has 4 aromatic carbocycles. The topological polar surface area (TPSA) is 196 Å². The van der Waals surface area contributed by atoms with Crippen molar-refractivity contribution in [3.8, 4) is 11.1 Å². The number of carbonyl (C=O) groups is 6. The average Bonchev–Trinajstić information content (AvgIpc) is 4.06. The van der Waals surface area contributed by atoms with Crippen LogP contribution in [-0.4, -0.2) is 96.2 Å². The van der Waals surface area contributed by atoms with Gasteiger partial charge in [-0.25, -0.2) is 9.59 Å². The highest BCUT2D eigenvalue weighted by Crippen LogP contribution is 2.55. The third-order valence-electron chi connectivity index (χ3n) is 13.2. The van der Waals surface area contributed by atoms with E-state index >= 15 is 0 Å². The normalized spacial score (nSPS) is 18.9. The van der Waals surface area contributed by atoms with E-state index in [1.165, 1.54) is 24.0 Å². The minimum absolute atomic E-state index is 0.0177. The van der Waals surface area contributed by atoms with Gasteiger partial charge in [-0.05, 0) is 83.3 Å². The molecule has 0 spiro atoms. The van der Waals surface area contributed by atoms with Gasteiger partial charge in [0.15, 0.2) is 0 Å². The molecule has 348 valence electrons. The molecule has 5 atom stereocenters. The van der Waals surface area contributed by atoms with Crippen LogP contribution >= 0.6 is 0 Å². The fourth-order valence-corrected chi connectivity index (χ4v) is 9.88. The van der Waals surface area contributed by atoms with Crippen LogP contribution < -0.4 is 21.3 Å². The zero-order valence-corrected chi connectivity index (χ0v) is 38.0. The van der Waals surface area contributed by atoms with Crippen LogP contribution in [0.4, 0.5) is 21.0 Å². The summed E-state index contributed by atoms with van der Waals surface area (Å²) in [5, 5.41) is 22.3. The predicted octanol–water partition coefficient (Wildman–Crippen LogP) is 7.36. The maximum Gasteiger partial charge on any atom is 0.407 e. The number of alkyl carbamates (subject to hydrolysis) is 2. The summed E-state index contributed by atoms with van der Waals surface area (Å²) in [5.41, 5.74) is 5.96. The fraction of sp³-hybridized carbons (Fsp3) is 0.412. The summed E-state index contributed by atoms with van der Waals surface area (Å²) in [6.45, 7) is 4.58. The first kappa shape index (κ1) is 47.2. The zero-order valence-electron chi connectivity index (χ0n) is 38.0. The van der Waals surface area contributed by atoms with Crippen molar-refractivity contribution in [1.29, 1.82) is 0 Å². The number of nitrogens with zero attached hydrogens (tertiary/aromatic N) is 2. The molecule has 3 aliphatic rings. The molecule has 7 rings (SSSR count). The van der Waals surface area contributed by atoms with Gasteiger partial charge in [0, 0.05) is 36.3 Å². The molecule has 2 heterocycles. The van der Waals surface area contributed by atoms with E-state index in [0.29, 0.717) is 41.9 Å². The number of ether oxygens (including phenoxy) is 2. The molecule has 4 aromatic rings. The van der Waals surface area contributed by atoms with Gasteiger partial charge in [0.1, 0.15) is 24.2 Å². The van der Waals surface area contributed by atoms with Crippen LogP contribution in [0.3, 0.4) is 0 Å². The Balaban J connectivity index is 1.14. The third-order valence-corrected chi connectivity index (χ3v) is 13.2. The number of benzene rings is 4. The predicted molar refractivity (Wildman–Crippen MR) is 249 cm³/mol. The summed E-state index contributed by atoms with van der Waals surface area (Å²) in [6.07, 6.45) is 3.99. The number of methoxy groups -OCH3 is 2. The number of β-amino-alcohol motifs (C(OH)–C–C–N with tert-alkyl or cyclic N) is 1. The Morgan fingerprint density at radius 3 is 1.61 bits per heavy atom. The van der Waals surface area contributed by atoms with Crippen LogP contribution in [0.25, 0.3) is 11.1 Å². The summed E-state index contributed by atoms with van der Waals surface area (Å²) in [6, 6.07) is 25.4. The number of nitrogens with one attached hydrogen (secondary N) is 4. The summed E-state index contributed by atoms with van der Waals surface area (Å²) in [4.78, 5) is 84.2. The summed E-state index contributed by atoms with van der Waals surface area (Å²) < 4.78 is 9.64. The second-order valence-corrected chi connectivity index (χ2v) is 17.3. The molecular weight excluding hydrogens is 841 g/mol. The minimum Gasteiger partial charge on any atom is -0.453 e. The molecule has 0 aromatic heterocycles. The summed E-state index contributed by atoms with van der Waals surface area (Å²) in [5.74, 6) is -1.73. The van der Waals surface area contributed by atoms with Crippen molar-refractivity contribution in [3.05, 3.63) is 119 Å². The lowest BCUT2D eigenvalue weighted by Crippen LogP contribution is -2.48. The quantitative estimate of drug-likeness (QED) is 0.0764. The first-order valence-electron chi connectivity index (χ1n) is 22.9. The first-order valence-corrected chi connectivity index (χ1v) is 22.9. The number of amides is 6. The van der Waals surface area contributed by atoms with Gasteiger partial charge in [-0.2, -0.15) is 0 Å². The van der Waals surface area contributed by atoms with Crippen LogP contribution in [0.15, 0.2) is 97.1 Å². The van der Waals surface area contributed by atoms with E-state index in [1.807, 2.05) is 36.4 Å². The number of hydrogen-bond acceptors (Lipinski definition) is 9. The molecule has 66 heavy (non-hydrogen) atoms. The van der Waals surface area contributed by atoms with Gasteiger partial charge in [0.2, 0.25) is 11.8 Å². The van der Waals surface area contributed by atoms with Gasteiger partial charge in [0.25, 0.3) is 11.8 Å². The molecule has 5 N–H and O–H groups in total. The largest absolute Gasteiger partial charge is 0.453 e. The van der Waals surface area contributed by atoms with Gasteiger partial charge in [0.05, 0.1) is 20.3 Å². The van der Waals surface area contributed by atoms with Crippen LogP contribution in [0, 0.1) is 0 Å². The monoisotopic (exact) mass is 900 g/mol. The van der Waals surface area contributed by atoms with Gasteiger partial charge >= 0.3 is 12.2 Å². The molecule has 15 heteroatoms. The van der Waals surface area contributed by atoms with Gasteiger partial charge in [-0.1, -0.05) is 112 Å². The Morgan fingerprint density at radius 2 is 1.14 bits per heavy atom. The third kappa shape index (κ3) is 9.91. The zero-order chi connectivity index (χ0) is 47.0. The number of unbranched alkanes of at least 4 members (excludes halogenated alkanes) is 2. The molecule has 0 radical (unpaired) electrons. The Morgan fingerprint density at radius 1 is 0.667 bits per heavy atom. The Hall–Kier alpha value is -6.74. The smallest absolute Gasteiger partial charge is 0.407 e. The lowest BCUT2D eigenvalue weighted by Gasteiger charge is -2.33. The van der Waals surface area contributed by atoms with E-state index in [-0.39, 0.29) is 18.9 Å². The summed E-state index contributed by atoms with van der Waals surface area (Å²) >= 11 is 0. The summed E-state index contributed by atoms with van der Waals surface area (Å²) in [7, 11) is 2.44. The minimum atomic E-state index is -1.15. The number of aliphatic hydroxyl groups is 1. The van der Waals surface area contributed by atoms with Gasteiger partial charge in [-0.15, -0.1) is 0 Å². The molecule has 15 nitrogen and oxygen atoms in total. The lowest BCUT2D eigenvalue weighted by molar-refractivity contribution is -0.138. The first-order chi connectivity index (χ1) is 31.9. The lowest BCUT2D eigenvalue weighted by atomic mass is 9.70. The highest BCUT2D eigenvalue weighted by Gasteiger charge is 2.45. The second-order valence-electron chi connectivity index (χ2n) is 17.3. The Bertz CT molecular complexity index is 2400. The van der Waals surface area contributed by atoms with E-state index in [4.69, 9.17) is 9.47 Å². The van der Waals surface area contributed by atoms with Gasteiger partial charge in [-0.3, -0.25) is 19.2 Å². The highest BCUT2D eigenvalue weighted by atomic mass is 16.5. The molecule has 0 saturated carbocycles. The van der Waals surface area contributed by atoms with Crippen molar-refractivity contribution in [2.75, 3.05) is 37.9 Å². The van der Waals surface area contributed by atoms with Gasteiger partial charge < -0.3 is 45.6 Å². The van der Waals surface area contributed by atoms with E-state index < -0.39 is 65.6 Å². The number of anilines is 2. The molecule has 0 bridgehead atoms. The van der Waals surface area contributed by atoms with Crippen LogP contribution in [0.2, 0.25) is 0 Å². The van der Waals surface area contributed by atoms with Crippen molar-refractivity contribution in [3.63, 3.8) is 0 Å².